The number of hydrogen-bond acceptors (Lipinski definition) is 4. The molecule has 0 radical (unpaired) electrons. The average molecular weight is 393 g/mol. The van der Waals surface area contributed by atoms with E-state index in [1.54, 1.807) is 6.20 Å². The fraction of sp³-hybridized carbons (Fsp3) is 0.500. The minimum Gasteiger partial charge on any atom is -0.487 e. The Bertz CT molecular complexity index is 752. The molecular formula is C20H29ClN4O2. The first-order valence-corrected chi connectivity index (χ1v) is 9.56. The van der Waals surface area contributed by atoms with E-state index in [1.807, 2.05) is 38.1 Å². The van der Waals surface area contributed by atoms with Crippen LogP contribution in [-0.4, -0.2) is 30.1 Å². The van der Waals surface area contributed by atoms with E-state index < -0.39 is 0 Å². The Morgan fingerprint density at radius 1 is 1.30 bits per heavy atom. The van der Waals surface area contributed by atoms with Crippen LogP contribution >= 0.6 is 11.6 Å². The van der Waals surface area contributed by atoms with Gasteiger partial charge >= 0.3 is 0 Å². The molecule has 0 saturated heterocycles. The Morgan fingerprint density at radius 3 is 2.67 bits per heavy atom. The van der Waals surface area contributed by atoms with Crippen molar-refractivity contribution < 1.29 is 9.15 Å². The SMILES string of the molecule is CCNC(=NCc1ncc(C(C)(C)C)o1)NCC(C)Oc1ccccc1Cl. The molecule has 0 fully saturated rings. The van der Waals surface area contributed by atoms with Crippen molar-refractivity contribution in [2.45, 2.75) is 52.7 Å². The molecule has 6 nitrogen and oxygen atoms in total. The molecule has 0 saturated carbocycles. The van der Waals surface area contributed by atoms with Gasteiger partial charge in [0.15, 0.2) is 5.96 Å². The molecule has 148 valence electrons. The van der Waals surface area contributed by atoms with Crippen LogP contribution in [0.3, 0.4) is 0 Å². The summed E-state index contributed by atoms with van der Waals surface area (Å²) in [5.41, 5.74) is -0.0663. The summed E-state index contributed by atoms with van der Waals surface area (Å²) >= 11 is 6.13. The molecule has 27 heavy (non-hydrogen) atoms. The summed E-state index contributed by atoms with van der Waals surface area (Å²) < 4.78 is 11.7. The number of benzene rings is 1. The number of ether oxygens (including phenoxy) is 1. The number of para-hydroxylation sites is 1. The van der Waals surface area contributed by atoms with Crippen molar-refractivity contribution in [3.8, 4) is 5.75 Å². The predicted molar refractivity (Wildman–Crippen MR) is 110 cm³/mol. The van der Waals surface area contributed by atoms with Crippen LogP contribution in [-0.2, 0) is 12.0 Å². The molecule has 0 aliphatic heterocycles. The average Bonchev–Trinajstić information content (AvgIpc) is 3.09. The molecule has 0 aliphatic rings. The van der Waals surface area contributed by atoms with Crippen LogP contribution in [0.4, 0.5) is 0 Å². The van der Waals surface area contributed by atoms with E-state index in [0.717, 1.165) is 12.3 Å². The molecule has 1 aromatic heterocycles. The number of rotatable bonds is 7. The molecule has 1 heterocycles. The molecule has 1 aromatic carbocycles. The van der Waals surface area contributed by atoms with Crippen molar-refractivity contribution >= 4 is 17.6 Å². The largest absolute Gasteiger partial charge is 0.487 e. The first kappa shape index (κ1) is 21.1. The monoisotopic (exact) mass is 392 g/mol. The number of nitrogens with one attached hydrogen (secondary N) is 2. The maximum absolute atomic E-state index is 6.13. The zero-order chi connectivity index (χ0) is 19.9. The Kier molecular flexibility index (Phi) is 7.54. The van der Waals surface area contributed by atoms with Crippen LogP contribution in [0, 0.1) is 0 Å². The van der Waals surface area contributed by atoms with Gasteiger partial charge in [0.25, 0.3) is 0 Å². The maximum atomic E-state index is 6.13. The van der Waals surface area contributed by atoms with Crippen molar-refractivity contribution in [2.24, 2.45) is 4.99 Å². The summed E-state index contributed by atoms with van der Waals surface area (Å²) in [5, 5.41) is 7.08. The number of hydrogen-bond donors (Lipinski definition) is 2. The second-order valence-electron chi connectivity index (χ2n) is 7.30. The molecule has 2 N–H and O–H groups in total. The lowest BCUT2D eigenvalue weighted by molar-refractivity contribution is 0.224. The van der Waals surface area contributed by atoms with Gasteiger partial charge in [0, 0.05) is 12.0 Å². The van der Waals surface area contributed by atoms with E-state index >= 15 is 0 Å². The zero-order valence-corrected chi connectivity index (χ0v) is 17.4. The first-order chi connectivity index (χ1) is 12.8. The lowest BCUT2D eigenvalue weighted by Crippen LogP contribution is -2.41. The van der Waals surface area contributed by atoms with Gasteiger partial charge in [-0.1, -0.05) is 44.5 Å². The Labute approximate surface area is 166 Å². The Hall–Kier alpha value is -2.21. The number of guanidine groups is 1. The molecule has 0 amide bonds. The molecule has 2 rings (SSSR count). The summed E-state index contributed by atoms with van der Waals surface area (Å²) in [6.45, 7) is 12.0. The third-order valence-electron chi connectivity index (χ3n) is 3.73. The van der Waals surface area contributed by atoms with E-state index in [1.165, 1.54) is 0 Å². The highest BCUT2D eigenvalue weighted by atomic mass is 35.5. The summed E-state index contributed by atoms with van der Waals surface area (Å²) in [6.07, 6.45) is 1.69. The minimum atomic E-state index is -0.0806. The third-order valence-corrected chi connectivity index (χ3v) is 4.04. The number of aliphatic imine (C=N–C) groups is 1. The fourth-order valence-corrected chi connectivity index (χ4v) is 2.44. The quantitative estimate of drug-likeness (QED) is 0.547. The topological polar surface area (TPSA) is 71.7 Å². The number of oxazole rings is 1. The van der Waals surface area contributed by atoms with Crippen LogP contribution in [0.1, 0.15) is 46.3 Å². The smallest absolute Gasteiger partial charge is 0.216 e. The van der Waals surface area contributed by atoms with Crippen molar-refractivity contribution in [3.05, 3.63) is 47.1 Å². The first-order valence-electron chi connectivity index (χ1n) is 9.18. The van der Waals surface area contributed by atoms with Crippen LogP contribution in [0.5, 0.6) is 5.75 Å². The van der Waals surface area contributed by atoms with Crippen molar-refractivity contribution in [1.29, 1.82) is 0 Å². The predicted octanol–water partition coefficient (Wildman–Crippen LogP) is 4.15. The Morgan fingerprint density at radius 2 is 2.04 bits per heavy atom. The van der Waals surface area contributed by atoms with Crippen LogP contribution in [0.2, 0.25) is 5.02 Å². The van der Waals surface area contributed by atoms with Gasteiger partial charge in [-0.25, -0.2) is 9.98 Å². The minimum absolute atomic E-state index is 0.0663. The summed E-state index contributed by atoms with van der Waals surface area (Å²) in [5.74, 6) is 2.80. The fourth-order valence-electron chi connectivity index (χ4n) is 2.26. The van der Waals surface area contributed by atoms with Crippen molar-refractivity contribution in [2.75, 3.05) is 13.1 Å². The standard InChI is InChI=1S/C20H29ClN4O2/c1-6-22-19(25-13-18-23-12-17(27-18)20(3,4)5)24-11-14(2)26-16-10-8-7-9-15(16)21/h7-10,12,14H,6,11,13H2,1-5H3,(H2,22,24,25). The molecule has 0 bridgehead atoms. The number of halogens is 1. The van der Waals surface area contributed by atoms with E-state index in [9.17, 15) is 0 Å². The summed E-state index contributed by atoms with van der Waals surface area (Å²) in [4.78, 5) is 8.84. The second kappa shape index (κ2) is 9.65. The van der Waals surface area contributed by atoms with Gasteiger partial charge in [0.05, 0.1) is 17.8 Å². The second-order valence-corrected chi connectivity index (χ2v) is 7.71. The highest BCUT2D eigenvalue weighted by Gasteiger charge is 2.19. The number of aromatic nitrogens is 1. The Balaban J connectivity index is 1.91. The van der Waals surface area contributed by atoms with Crippen LogP contribution < -0.4 is 15.4 Å². The van der Waals surface area contributed by atoms with Gasteiger partial charge in [-0.05, 0) is 26.0 Å². The van der Waals surface area contributed by atoms with Gasteiger partial charge in [0.1, 0.15) is 24.2 Å². The molecule has 7 heteroatoms. The lowest BCUT2D eigenvalue weighted by Gasteiger charge is -2.18. The van der Waals surface area contributed by atoms with Crippen molar-refractivity contribution in [3.63, 3.8) is 0 Å². The lowest BCUT2D eigenvalue weighted by atomic mass is 9.94. The van der Waals surface area contributed by atoms with E-state index in [2.05, 4.69) is 41.4 Å². The molecule has 2 aromatic rings. The maximum Gasteiger partial charge on any atom is 0.216 e. The van der Waals surface area contributed by atoms with Gasteiger partial charge in [0.2, 0.25) is 5.89 Å². The van der Waals surface area contributed by atoms with Gasteiger partial charge in [-0.2, -0.15) is 0 Å². The zero-order valence-electron chi connectivity index (χ0n) is 16.7. The third kappa shape index (κ3) is 6.79. The summed E-state index contributed by atoms with van der Waals surface area (Å²) in [7, 11) is 0. The van der Waals surface area contributed by atoms with E-state index in [0.29, 0.717) is 35.7 Å². The van der Waals surface area contributed by atoms with Gasteiger partial charge < -0.3 is 19.8 Å². The van der Waals surface area contributed by atoms with Gasteiger partial charge in [-0.15, -0.1) is 0 Å². The van der Waals surface area contributed by atoms with Crippen molar-refractivity contribution in [1.82, 2.24) is 15.6 Å². The molecule has 1 atom stereocenters. The molecule has 0 spiro atoms. The van der Waals surface area contributed by atoms with E-state index in [-0.39, 0.29) is 11.5 Å². The van der Waals surface area contributed by atoms with E-state index in [4.69, 9.17) is 20.8 Å². The van der Waals surface area contributed by atoms with Crippen LogP contribution in [0.25, 0.3) is 0 Å². The number of nitrogens with zero attached hydrogens (tertiary/aromatic N) is 2. The molecule has 1 unspecified atom stereocenters. The van der Waals surface area contributed by atoms with Crippen LogP contribution in [0.15, 0.2) is 39.9 Å². The highest BCUT2D eigenvalue weighted by Crippen LogP contribution is 2.24. The molecular weight excluding hydrogens is 364 g/mol. The highest BCUT2D eigenvalue weighted by molar-refractivity contribution is 6.32. The normalized spacial score (nSPS) is 13.3. The summed E-state index contributed by atoms with van der Waals surface area (Å²) in [6, 6.07) is 7.44. The van der Waals surface area contributed by atoms with Gasteiger partial charge in [-0.3, -0.25) is 0 Å². The molecule has 0 aliphatic carbocycles.